The monoisotopic (exact) mass is 301 g/mol. The lowest BCUT2D eigenvalue weighted by molar-refractivity contribution is 0.215. The molecule has 1 aromatic heterocycles. The molecule has 1 heterocycles. The summed E-state index contributed by atoms with van der Waals surface area (Å²) in [6, 6.07) is -0.112. The molecule has 1 aliphatic carbocycles. The third-order valence-electron chi connectivity index (χ3n) is 3.79. The summed E-state index contributed by atoms with van der Waals surface area (Å²) in [4.78, 5) is 24.9. The van der Waals surface area contributed by atoms with E-state index < -0.39 is 26.2 Å². The van der Waals surface area contributed by atoms with Gasteiger partial charge in [0, 0.05) is 12.2 Å². The van der Waals surface area contributed by atoms with E-state index in [1.165, 1.54) is 4.57 Å². The van der Waals surface area contributed by atoms with E-state index in [4.69, 9.17) is 5.14 Å². The number of sulfonamides is 1. The van der Waals surface area contributed by atoms with Crippen molar-refractivity contribution in [3.05, 3.63) is 27.0 Å². The van der Waals surface area contributed by atoms with E-state index in [1.54, 1.807) is 0 Å². The van der Waals surface area contributed by atoms with Crippen LogP contribution in [0.2, 0.25) is 0 Å². The number of aromatic amines is 1. The molecular formula is C12H19N3O4S. The quantitative estimate of drug-likeness (QED) is 0.810. The number of nitrogens with two attached hydrogens (primary N) is 1. The summed E-state index contributed by atoms with van der Waals surface area (Å²) >= 11 is 0. The highest BCUT2D eigenvalue weighted by atomic mass is 32.2. The maximum Gasteiger partial charge on any atom is 0.328 e. The number of hydrogen-bond donors (Lipinski definition) is 2. The number of hydrogen-bond acceptors (Lipinski definition) is 4. The van der Waals surface area contributed by atoms with Gasteiger partial charge in [0.05, 0.1) is 0 Å². The van der Waals surface area contributed by atoms with Crippen molar-refractivity contribution in [1.82, 2.24) is 9.55 Å². The lowest BCUT2D eigenvalue weighted by atomic mass is 9.80. The Morgan fingerprint density at radius 1 is 1.20 bits per heavy atom. The molecule has 2 unspecified atom stereocenters. The van der Waals surface area contributed by atoms with Gasteiger partial charge in [0.15, 0.2) is 4.90 Å². The Bertz CT molecular complexity index is 709. The van der Waals surface area contributed by atoms with Crippen LogP contribution < -0.4 is 16.4 Å². The summed E-state index contributed by atoms with van der Waals surface area (Å²) in [5, 5.41) is 5.00. The van der Waals surface area contributed by atoms with Gasteiger partial charge in [-0.2, -0.15) is 0 Å². The van der Waals surface area contributed by atoms with E-state index in [9.17, 15) is 18.0 Å². The molecule has 1 aliphatic rings. The van der Waals surface area contributed by atoms with Crippen molar-refractivity contribution in [3.8, 4) is 0 Å². The van der Waals surface area contributed by atoms with Crippen molar-refractivity contribution in [1.29, 1.82) is 0 Å². The molecule has 0 amide bonds. The minimum Gasteiger partial charge on any atom is -0.296 e. The number of rotatable bonds is 2. The van der Waals surface area contributed by atoms with Crippen LogP contribution in [0.1, 0.15) is 39.2 Å². The molecular weight excluding hydrogens is 282 g/mol. The van der Waals surface area contributed by atoms with Crippen LogP contribution >= 0.6 is 0 Å². The minimum atomic E-state index is -4.14. The largest absolute Gasteiger partial charge is 0.328 e. The summed E-state index contributed by atoms with van der Waals surface area (Å²) in [5.74, 6) is 0.890. The van der Waals surface area contributed by atoms with Gasteiger partial charge in [0.2, 0.25) is 10.0 Å². The normalized spacial score (nSPS) is 27.4. The smallest absolute Gasteiger partial charge is 0.296 e. The summed E-state index contributed by atoms with van der Waals surface area (Å²) in [5.41, 5.74) is -1.56. The topological polar surface area (TPSA) is 115 Å². The highest BCUT2D eigenvalue weighted by molar-refractivity contribution is 7.89. The van der Waals surface area contributed by atoms with Crippen molar-refractivity contribution in [3.63, 3.8) is 0 Å². The first-order valence-electron chi connectivity index (χ1n) is 6.56. The summed E-state index contributed by atoms with van der Waals surface area (Å²) in [6.45, 7) is 4.19. The molecule has 0 spiro atoms. The molecule has 7 nitrogen and oxygen atoms in total. The molecule has 1 aromatic rings. The second kappa shape index (κ2) is 5.17. The zero-order valence-electron chi connectivity index (χ0n) is 11.5. The lowest BCUT2D eigenvalue weighted by Gasteiger charge is -2.32. The molecule has 8 heteroatoms. The molecule has 2 atom stereocenters. The molecule has 1 saturated carbocycles. The Morgan fingerprint density at radius 2 is 1.75 bits per heavy atom. The van der Waals surface area contributed by atoms with Crippen LogP contribution in [0.25, 0.3) is 0 Å². The Balaban J connectivity index is 2.52. The standard InChI is InChI=1S/C12H19N3O4S/c1-7-3-8(2)5-9(4-7)15-6-10(20(13,18)19)11(16)14-12(15)17/h6-9H,3-5H2,1-2H3,(H2,13,18,19)(H,14,16,17). The number of primary sulfonamides is 1. The van der Waals surface area contributed by atoms with Crippen molar-refractivity contribution in [2.24, 2.45) is 17.0 Å². The fourth-order valence-corrected chi connectivity index (χ4v) is 3.64. The summed E-state index contributed by atoms with van der Waals surface area (Å²) in [7, 11) is -4.14. The fourth-order valence-electron chi connectivity index (χ4n) is 3.07. The van der Waals surface area contributed by atoms with Crippen molar-refractivity contribution >= 4 is 10.0 Å². The Kier molecular flexibility index (Phi) is 3.88. The van der Waals surface area contributed by atoms with Gasteiger partial charge >= 0.3 is 5.69 Å². The fraction of sp³-hybridized carbons (Fsp3) is 0.667. The minimum absolute atomic E-state index is 0.112. The van der Waals surface area contributed by atoms with Crippen molar-refractivity contribution in [2.45, 2.75) is 44.0 Å². The van der Waals surface area contributed by atoms with E-state index in [0.717, 1.165) is 25.5 Å². The van der Waals surface area contributed by atoms with Gasteiger partial charge in [-0.3, -0.25) is 14.3 Å². The highest BCUT2D eigenvalue weighted by Crippen LogP contribution is 2.35. The molecule has 1 fully saturated rings. The first kappa shape index (κ1) is 15.0. The molecule has 2 rings (SSSR count). The predicted molar refractivity (Wildman–Crippen MR) is 73.9 cm³/mol. The van der Waals surface area contributed by atoms with Crippen molar-refractivity contribution in [2.75, 3.05) is 0 Å². The van der Waals surface area contributed by atoms with Crippen LogP contribution in [0.3, 0.4) is 0 Å². The average Bonchev–Trinajstić information content (AvgIpc) is 2.25. The van der Waals surface area contributed by atoms with Gasteiger partial charge in [-0.25, -0.2) is 18.4 Å². The predicted octanol–water partition coefficient (Wildman–Crippen LogP) is 0.181. The Labute approximate surface area is 116 Å². The van der Waals surface area contributed by atoms with Gasteiger partial charge in [-0.15, -0.1) is 0 Å². The molecule has 0 radical (unpaired) electrons. The number of nitrogens with zero attached hydrogens (tertiary/aromatic N) is 1. The zero-order chi connectivity index (χ0) is 15.1. The third-order valence-corrected chi connectivity index (χ3v) is 4.69. The van der Waals surface area contributed by atoms with Crippen LogP contribution in [0.15, 0.2) is 20.7 Å². The van der Waals surface area contributed by atoms with E-state index >= 15 is 0 Å². The molecule has 0 aromatic carbocycles. The van der Waals surface area contributed by atoms with Crippen LogP contribution in [0.5, 0.6) is 0 Å². The maximum absolute atomic E-state index is 11.9. The van der Waals surface area contributed by atoms with Gasteiger partial charge < -0.3 is 0 Å². The Hall–Kier alpha value is -1.41. The van der Waals surface area contributed by atoms with E-state index in [1.807, 2.05) is 4.98 Å². The van der Waals surface area contributed by atoms with E-state index in [0.29, 0.717) is 11.8 Å². The SMILES string of the molecule is CC1CC(C)CC(n2cc(S(N)(=O)=O)c(=O)[nH]c2=O)C1. The molecule has 112 valence electrons. The molecule has 0 bridgehead atoms. The second-order valence-electron chi connectivity index (χ2n) is 5.78. The van der Waals surface area contributed by atoms with E-state index in [-0.39, 0.29) is 6.04 Å². The number of nitrogens with one attached hydrogen (secondary N) is 1. The first-order valence-corrected chi connectivity index (χ1v) is 8.11. The highest BCUT2D eigenvalue weighted by Gasteiger charge is 2.27. The first-order chi connectivity index (χ1) is 9.18. The maximum atomic E-state index is 11.9. The van der Waals surface area contributed by atoms with Crippen LogP contribution in [0.4, 0.5) is 0 Å². The number of aromatic nitrogens is 2. The molecule has 3 N–H and O–H groups in total. The summed E-state index contributed by atoms with van der Waals surface area (Å²) < 4.78 is 24.0. The molecule has 20 heavy (non-hydrogen) atoms. The van der Waals surface area contributed by atoms with Crippen LogP contribution in [0, 0.1) is 11.8 Å². The van der Waals surface area contributed by atoms with Gasteiger partial charge in [-0.05, 0) is 31.1 Å². The zero-order valence-corrected chi connectivity index (χ0v) is 12.3. The number of H-pyrrole nitrogens is 1. The van der Waals surface area contributed by atoms with Crippen LogP contribution in [-0.4, -0.2) is 18.0 Å². The average molecular weight is 301 g/mol. The molecule has 0 aliphatic heterocycles. The van der Waals surface area contributed by atoms with Crippen molar-refractivity contribution < 1.29 is 8.42 Å². The van der Waals surface area contributed by atoms with Gasteiger partial charge in [0.25, 0.3) is 5.56 Å². The van der Waals surface area contributed by atoms with Gasteiger partial charge in [0.1, 0.15) is 0 Å². The summed E-state index contributed by atoms with van der Waals surface area (Å²) in [6.07, 6.45) is 3.71. The van der Waals surface area contributed by atoms with Gasteiger partial charge in [-0.1, -0.05) is 13.8 Å². The van der Waals surface area contributed by atoms with E-state index in [2.05, 4.69) is 13.8 Å². The van der Waals surface area contributed by atoms with Crippen LogP contribution in [-0.2, 0) is 10.0 Å². The lowest BCUT2D eigenvalue weighted by Crippen LogP contribution is -2.38. The third kappa shape index (κ3) is 3.01. The second-order valence-corrected chi connectivity index (χ2v) is 7.31. The Morgan fingerprint density at radius 3 is 2.25 bits per heavy atom. The molecule has 0 saturated heterocycles.